The first-order valence-electron chi connectivity index (χ1n) is 8.44. The Morgan fingerprint density at radius 3 is 2.36 bits per heavy atom. The summed E-state index contributed by atoms with van der Waals surface area (Å²) < 4.78 is 6.17. The molecule has 0 spiro atoms. The Labute approximate surface area is 177 Å². The number of hydrogen-bond donors (Lipinski definition) is 3. The van der Waals surface area contributed by atoms with Crippen LogP contribution in [-0.4, -0.2) is 24.0 Å². The average molecular weight is 462 g/mol. The average Bonchev–Trinajstić information content (AvgIpc) is 2.67. The van der Waals surface area contributed by atoms with E-state index in [1.165, 1.54) is 6.08 Å². The van der Waals surface area contributed by atoms with Gasteiger partial charge in [0.05, 0.1) is 7.11 Å². The lowest BCUT2D eigenvalue weighted by molar-refractivity contribution is -0.119. The van der Waals surface area contributed by atoms with Crippen LogP contribution in [0.1, 0.15) is 18.9 Å². The van der Waals surface area contributed by atoms with Crippen LogP contribution < -0.4 is 20.7 Å². The molecule has 2 amide bonds. The molecule has 0 fully saturated rings. The molecule has 0 bridgehead atoms. The van der Waals surface area contributed by atoms with E-state index in [1.54, 1.807) is 44.4 Å². The minimum absolute atomic E-state index is 0.157. The highest BCUT2D eigenvalue weighted by atomic mass is 79.9. The smallest absolute Gasteiger partial charge is 0.248 e. The van der Waals surface area contributed by atoms with Gasteiger partial charge in [-0.05, 0) is 60.8 Å². The molecule has 28 heavy (non-hydrogen) atoms. The van der Waals surface area contributed by atoms with Crippen molar-refractivity contribution in [1.29, 1.82) is 0 Å². The largest absolute Gasteiger partial charge is 0.496 e. The molecule has 3 N–H and O–H groups in total. The predicted octanol–water partition coefficient (Wildman–Crippen LogP) is 4.33. The molecule has 0 saturated carbocycles. The van der Waals surface area contributed by atoms with Crippen molar-refractivity contribution in [3.8, 4) is 5.75 Å². The van der Waals surface area contributed by atoms with Gasteiger partial charge < -0.3 is 20.7 Å². The van der Waals surface area contributed by atoms with E-state index in [9.17, 15) is 9.59 Å². The van der Waals surface area contributed by atoms with Crippen molar-refractivity contribution >= 4 is 62.5 Å². The summed E-state index contributed by atoms with van der Waals surface area (Å²) in [6, 6.07) is 12.5. The van der Waals surface area contributed by atoms with Gasteiger partial charge in [-0.2, -0.15) is 0 Å². The lowest BCUT2D eigenvalue weighted by Gasteiger charge is -2.09. The number of nitrogens with one attached hydrogen (secondary N) is 3. The predicted molar refractivity (Wildman–Crippen MR) is 119 cm³/mol. The van der Waals surface area contributed by atoms with Crippen molar-refractivity contribution in [2.24, 2.45) is 0 Å². The fourth-order valence-corrected chi connectivity index (χ4v) is 2.81. The summed E-state index contributed by atoms with van der Waals surface area (Å²) in [5.41, 5.74) is 2.12. The molecule has 0 aromatic heterocycles. The van der Waals surface area contributed by atoms with Gasteiger partial charge in [-0.3, -0.25) is 9.59 Å². The Hall–Kier alpha value is -2.71. The fraction of sp³-hybridized carbons (Fsp3) is 0.150. The number of hydrogen-bond acceptors (Lipinski definition) is 4. The third-order valence-corrected chi connectivity index (χ3v) is 4.29. The zero-order valence-corrected chi connectivity index (χ0v) is 17.8. The molecule has 2 aromatic carbocycles. The molecular formula is C20H20BrN3O3S. The van der Waals surface area contributed by atoms with Crippen molar-refractivity contribution in [2.75, 3.05) is 17.7 Å². The highest BCUT2D eigenvalue weighted by Crippen LogP contribution is 2.24. The number of halogens is 1. The summed E-state index contributed by atoms with van der Waals surface area (Å²) in [5.74, 6) is 0.248. The van der Waals surface area contributed by atoms with E-state index in [0.717, 1.165) is 10.0 Å². The standard InChI is InChI=1S/C20H20BrN3O3S/c1-3-18(25)24-20(28)23-16-8-6-15(7-9-16)22-19(26)11-4-13-12-14(21)5-10-17(13)27-2/h4-12H,3H2,1-2H3,(H,22,26)(H2,23,24,25,28). The summed E-state index contributed by atoms with van der Waals surface area (Å²) in [6.07, 6.45) is 3.47. The van der Waals surface area contributed by atoms with Gasteiger partial charge in [0.15, 0.2) is 5.11 Å². The third kappa shape index (κ3) is 6.79. The SMILES string of the molecule is CCC(=O)NC(=S)Nc1ccc(NC(=O)C=Cc2cc(Br)ccc2OC)cc1. The number of ether oxygens (including phenoxy) is 1. The molecule has 8 heteroatoms. The number of carbonyl (C=O) groups is 2. The van der Waals surface area contributed by atoms with Crippen LogP contribution in [0, 0.1) is 0 Å². The van der Waals surface area contributed by atoms with Crippen LogP contribution in [0.3, 0.4) is 0 Å². The molecule has 0 aliphatic heterocycles. The molecule has 0 atom stereocenters. The molecule has 2 rings (SSSR count). The maximum absolute atomic E-state index is 12.2. The second kappa shape index (κ2) is 10.6. The molecule has 0 saturated heterocycles. The van der Waals surface area contributed by atoms with E-state index in [0.29, 0.717) is 23.5 Å². The third-order valence-electron chi connectivity index (χ3n) is 3.59. The summed E-state index contributed by atoms with van der Waals surface area (Å²) in [6.45, 7) is 1.75. The Balaban J connectivity index is 1.95. The quantitative estimate of drug-likeness (QED) is 0.440. The summed E-state index contributed by atoms with van der Waals surface area (Å²) in [7, 11) is 1.58. The van der Waals surface area contributed by atoms with Gasteiger partial charge in [0.25, 0.3) is 0 Å². The van der Waals surface area contributed by atoms with Gasteiger partial charge >= 0.3 is 0 Å². The first kappa shape index (κ1) is 21.6. The van der Waals surface area contributed by atoms with Crippen LogP contribution in [0.25, 0.3) is 6.08 Å². The first-order chi connectivity index (χ1) is 13.4. The van der Waals surface area contributed by atoms with E-state index in [-0.39, 0.29) is 16.9 Å². The number of thiocarbonyl (C=S) groups is 1. The molecule has 0 unspecified atom stereocenters. The maximum Gasteiger partial charge on any atom is 0.248 e. The highest BCUT2D eigenvalue weighted by molar-refractivity contribution is 9.10. The molecular weight excluding hydrogens is 442 g/mol. The van der Waals surface area contributed by atoms with Crippen molar-refractivity contribution in [3.63, 3.8) is 0 Å². The van der Waals surface area contributed by atoms with Crippen LogP contribution >= 0.6 is 28.1 Å². The summed E-state index contributed by atoms with van der Waals surface area (Å²) in [4.78, 5) is 23.5. The first-order valence-corrected chi connectivity index (χ1v) is 9.65. The summed E-state index contributed by atoms with van der Waals surface area (Å²) in [5, 5.41) is 8.47. The van der Waals surface area contributed by atoms with Gasteiger partial charge in [-0.15, -0.1) is 0 Å². The zero-order valence-electron chi connectivity index (χ0n) is 15.4. The van der Waals surface area contributed by atoms with Gasteiger partial charge in [-0.25, -0.2) is 0 Å². The zero-order chi connectivity index (χ0) is 20.5. The lowest BCUT2D eigenvalue weighted by Crippen LogP contribution is -2.33. The second-order valence-corrected chi connectivity index (χ2v) is 6.97. The molecule has 146 valence electrons. The lowest BCUT2D eigenvalue weighted by atomic mass is 10.2. The minimum atomic E-state index is -0.270. The Morgan fingerprint density at radius 1 is 1.11 bits per heavy atom. The fourth-order valence-electron chi connectivity index (χ4n) is 2.20. The van der Waals surface area contributed by atoms with Crippen molar-refractivity contribution < 1.29 is 14.3 Å². The van der Waals surface area contributed by atoms with Crippen molar-refractivity contribution in [3.05, 3.63) is 58.6 Å². The number of benzene rings is 2. The molecule has 0 heterocycles. The number of anilines is 2. The minimum Gasteiger partial charge on any atom is -0.496 e. The molecule has 0 aliphatic carbocycles. The van der Waals surface area contributed by atoms with Crippen molar-refractivity contribution in [2.45, 2.75) is 13.3 Å². The monoisotopic (exact) mass is 461 g/mol. The van der Waals surface area contributed by atoms with Gasteiger partial charge in [-0.1, -0.05) is 22.9 Å². The Bertz CT molecular complexity index is 898. The number of methoxy groups -OCH3 is 1. The van der Waals surface area contributed by atoms with E-state index >= 15 is 0 Å². The van der Waals surface area contributed by atoms with Crippen molar-refractivity contribution in [1.82, 2.24) is 5.32 Å². The molecule has 6 nitrogen and oxygen atoms in total. The summed E-state index contributed by atoms with van der Waals surface area (Å²) >= 11 is 8.46. The molecule has 0 radical (unpaired) electrons. The second-order valence-electron chi connectivity index (χ2n) is 5.64. The van der Waals surface area contributed by atoms with Crippen LogP contribution in [-0.2, 0) is 9.59 Å². The van der Waals surface area contributed by atoms with Gasteiger partial charge in [0, 0.05) is 33.9 Å². The van der Waals surface area contributed by atoms with E-state index < -0.39 is 0 Å². The van der Waals surface area contributed by atoms with Crippen LogP contribution in [0.15, 0.2) is 53.0 Å². The number of rotatable bonds is 6. The van der Waals surface area contributed by atoms with Gasteiger partial charge in [0.1, 0.15) is 5.75 Å². The Kier molecular flexibility index (Phi) is 8.16. The molecule has 0 aliphatic rings. The maximum atomic E-state index is 12.2. The number of amides is 2. The topological polar surface area (TPSA) is 79.5 Å². The van der Waals surface area contributed by atoms with Crippen LogP contribution in [0.4, 0.5) is 11.4 Å². The van der Waals surface area contributed by atoms with E-state index in [4.69, 9.17) is 17.0 Å². The van der Waals surface area contributed by atoms with E-state index in [1.807, 2.05) is 18.2 Å². The number of carbonyl (C=O) groups excluding carboxylic acids is 2. The van der Waals surface area contributed by atoms with Gasteiger partial charge in [0.2, 0.25) is 11.8 Å². The van der Waals surface area contributed by atoms with Crippen LogP contribution in [0.2, 0.25) is 0 Å². The van der Waals surface area contributed by atoms with E-state index in [2.05, 4.69) is 31.9 Å². The van der Waals surface area contributed by atoms with Crippen LogP contribution in [0.5, 0.6) is 5.75 Å². The normalized spacial score (nSPS) is 10.4. The molecule has 2 aromatic rings. The Morgan fingerprint density at radius 2 is 1.75 bits per heavy atom. The highest BCUT2D eigenvalue weighted by Gasteiger charge is 2.04.